The normalized spacial score (nSPS) is 12.4. The van der Waals surface area contributed by atoms with Crippen LogP contribution < -0.4 is 5.73 Å². The van der Waals surface area contributed by atoms with E-state index in [1.54, 1.807) is 12.5 Å². The highest BCUT2D eigenvalue weighted by Crippen LogP contribution is 2.13. The highest BCUT2D eigenvalue weighted by atomic mass is 14.9. The van der Waals surface area contributed by atoms with Crippen LogP contribution in [0.25, 0.3) is 11.4 Å². The Morgan fingerprint density at radius 1 is 1.19 bits per heavy atom. The second-order valence-corrected chi connectivity index (χ2v) is 3.79. The molecule has 1 atom stereocenters. The molecular weight excluding hydrogens is 200 g/mol. The zero-order chi connectivity index (χ0) is 11.4. The largest absolute Gasteiger partial charge is 0.328 e. The van der Waals surface area contributed by atoms with Crippen molar-refractivity contribution in [3.63, 3.8) is 0 Å². The fraction of sp³-hybridized carbons (Fsp3) is 0.250. The minimum absolute atomic E-state index is 0.103. The van der Waals surface area contributed by atoms with Crippen molar-refractivity contribution in [1.82, 2.24) is 15.0 Å². The van der Waals surface area contributed by atoms with E-state index < -0.39 is 0 Å². The van der Waals surface area contributed by atoms with Crippen LogP contribution in [0, 0.1) is 0 Å². The molecule has 82 valence electrons. The van der Waals surface area contributed by atoms with E-state index in [1.807, 2.05) is 31.2 Å². The third-order valence-corrected chi connectivity index (χ3v) is 2.18. The summed E-state index contributed by atoms with van der Waals surface area (Å²) in [4.78, 5) is 12.6. The Morgan fingerprint density at radius 3 is 2.75 bits per heavy atom. The summed E-state index contributed by atoms with van der Waals surface area (Å²) < 4.78 is 0. The lowest BCUT2D eigenvalue weighted by Crippen LogP contribution is -2.18. The lowest BCUT2D eigenvalue weighted by Gasteiger charge is -2.05. The summed E-state index contributed by atoms with van der Waals surface area (Å²) in [6.07, 6.45) is 4.06. The maximum absolute atomic E-state index is 5.74. The second-order valence-electron chi connectivity index (χ2n) is 3.79. The topological polar surface area (TPSA) is 64.7 Å². The van der Waals surface area contributed by atoms with Gasteiger partial charge in [0.1, 0.15) is 6.33 Å². The first-order valence-corrected chi connectivity index (χ1v) is 5.23. The molecule has 2 rings (SSSR count). The number of rotatable bonds is 3. The molecular formula is C12H14N4. The number of pyridine rings is 1. The summed E-state index contributed by atoms with van der Waals surface area (Å²) in [6, 6.07) is 7.79. The van der Waals surface area contributed by atoms with E-state index >= 15 is 0 Å². The van der Waals surface area contributed by atoms with E-state index in [9.17, 15) is 0 Å². The summed E-state index contributed by atoms with van der Waals surface area (Å²) in [5.74, 6) is 0. The molecule has 0 aromatic carbocycles. The number of hydrogen-bond donors (Lipinski definition) is 1. The molecule has 2 aromatic rings. The Labute approximate surface area is 94.6 Å². The van der Waals surface area contributed by atoms with Crippen molar-refractivity contribution in [1.29, 1.82) is 0 Å². The van der Waals surface area contributed by atoms with Gasteiger partial charge in [0.15, 0.2) is 0 Å². The summed E-state index contributed by atoms with van der Waals surface area (Å²) >= 11 is 0. The van der Waals surface area contributed by atoms with Crippen molar-refractivity contribution in [2.45, 2.75) is 19.4 Å². The van der Waals surface area contributed by atoms with E-state index in [1.165, 1.54) is 0 Å². The fourth-order valence-electron chi connectivity index (χ4n) is 1.49. The molecule has 1 unspecified atom stereocenters. The van der Waals surface area contributed by atoms with Crippen molar-refractivity contribution < 1.29 is 0 Å². The standard InChI is InChI=1S/C12H14N4/c1-9(13)6-10-7-12(16-8-15-10)11-4-2-3-5-14-11/h2-5,7-9H,6,13H2,1H3. The van der Waals surface area contributed by atoms with Crippen LogP contribution in [-0.4, -0.2) is 21.0 Å². The first-order chi connectivity index (χ1) is 7.75. The molecule has 0 spiro atoms. The molecule has 4 nitrogen and oxygen atoms in total. The third-order valence-electron chi connectivity index (χ3n) is 2.18. The van der Waals surface area contributed by atoms with Crippen molar-refractivity contribution in [2.24, 2.45) is 5.73 Å². The maximum atomic E-state index is 5.74. The smallest absolute Gasteiger partial charge is 0.116 e. The molecule has 16 heavy (non-hydrogen) atoms. The lowest BCUT2D eigenvalue weighted by molar-refractivity contribution is 0.720. The molecule has 2 aromatic heterocycles. The van der Waals surface area contributed by atoms with Crippen LogP contribution in [0.15, 0.2) is 36.8 Å². The molecule has 0 amide bonds. The summed E-state index contributed by atoms with van der Waals surface area (Å²) in [5, 5.41) is 0. The number of nitrogens with zero attached hydrogens (tertiary/aromatic N) is 3. The van der Waals surface area contributed by atoms with Gasteiger partial charge in [-0.15, -0.1) is 0 Å². The molecule has 0 saturated heterocycles. The summed E-state index contributed by atoms with van der Waals surface area (Å²) in [6.45, 7) is 1.96. The molecule has 2 heterocycles. The van der Waals surface area contributed by atoms with Crippen LogP contribution in [0.2, 0.25) is 0 Å². The maximum Gasteiger partial charge on any atom is 0.116 e. The molecule has 0 bridgehead atoms. The minimum atomic E-state index is 0.103. The monoisotopic (exact) mass is 214 g/mol. The Kier molecular flexibility index (Phi) is 3.22. The highest BCUT2D eigenvalue weighted by Gasteiger charge is 2.04. The van der Waals surface area contributed by atoms with Crippen molar-refractivity contribution in [2.75, 3.05) is 0 Å². The van der Waals surface area contributed by atoms with Gasteiger partial charge in [0.2, 0.25) is 0 Å². The molecule has 0 radical (unpaired) electrons. The third kappa shape index (κ3) is 2.61. The second kappa shape index (κ2) is 4.81. The Bertz CT molecular complexity index is 454. The Balaban J connectivity index is 2.29. The fourth-order valence-corrected chi connectivity index (χ4v) is 1.49. The van der Waals surface area contributed by atoms with Crippen LogP contribution in [0.1, 0.15) is 12.6 Å². The molecule has 0 fully saturated rings. The van der Waals surface area contributed by atoms with Gasteiger partial charge < -0.3 is 5.73 Å². The van der Waals surface area contributed by atoms with Crippen molar-refractivity contribution in [3.05, 3.63) is 42.5 Å². The van der Waals surface area contributed by atoms with Gasteiger partial charge >= 0.3 is 0 Å². The molecule has 2 N–H and O–H groups in total. The van der Waals surface area contributed by atoms with Crippen LogP contribution in [0.5, 0.6) is 0 Å². The minimum Gasteiger partial charge on any atom is -0.328 e. The number of aromatic nitrogens is 3. The summed E-state index contributed by atoms with van der Waals surface area (Å²) in [5.41, 5.74) is 8.38. The van der Waals surface area contributed by atoms with Gasteiger partial charge in [0.05, 0.1) is 11.4 Å². The molecule has 0 aliphatic heterocycles. The first kappa shape index (κ1) is 10.7. The van der Waals surface area contributed by atoms with Crippen molar-refractivity contribution >= 4 is 0 Å². The first-order valence-electron chi connectivity index (χ1n) is 5.23. The van der Waals surface area contributed by atoms with Crippen LogP contribution in [0.3, 0.4) is 0 Å². The Morgan fingerprint density at radius 2 is 2.06 bits per heavy atom. The van der Waals surface area contributed by atoms with Gasteiger partial charge in [0.25, 0.3) is 0 Å². The number of nitrogens with two attached hydrogens (primary N) is 1. The average molecular weight is 214 g/mol. The van der Waals surface area contributed by atoms with Gasteiger partial charge in [-0.3, -0.25) is 4.98 Å². The average Bonchev–Trinajstić information content (AvgIpc) is 2.30. The zero-order valence-corrected chi connectivity index (χ0v) is 9.17. The van der Waals surface area contributed by atoms with E-state index in [2.05, 4.69) is 15.0 Å². The van der Waals surface area contributed by atoms with Gasteiger partial charge in [-0.05, 0) is 25.1 Å². The predicted molar refractivity (Wildman–Crippen MR) is 62.6 cm³/mol. The highest BCUT2D eigenvalue weighted by molar-refractivity contribution is 5.53. The van der Waals surface area contributed by atoms with Gasteiger partial charge in [-0.1, -0.05) is 6.07 Å². The van der Waals surface area contributed by atoms with Crippen molar-refractivity contribution in [3.8, 4) is 11.4 Å². The SMILES string of the molecule is CC(N)Cc1cc(-c2ccccn2)ncn1. The summed E-state index contributed by atoms with van der Waals surface area (Å²) in [7, 11) is 0. The van der Waals surface area contributed by atoms with Gasteiger partial charge in [-0.2, -0.15) is 0 Å². The molecule has 0 aliphatic rings. The van der Waals surface area contributed by atoms with Gasteiger partial charge in [-0.25, -0.2) is 9.97 Å². The van der Waals surface area contributed by atoms with Crippen LogP contribution >= 0.6 is 0 Å². The van der Waals surface area contributed by atoms with E-state index in [0.717, 1.165) is 23.5 Å². The molecule has 4 heteroatoms. The zero-order valence-electron chi connectivity index (χ0n) is 9.17. The van der Waals surface area contributed by atoms with E-state index in [-0.39, 0.29) is 6.04 Å². The van der Waals surface area contributed by atoms with Crippen LogP contribution in [0.4, 0.5) is 0 Å². The van der Waals surface area contributed by atoms with E-state index in [0.29, 0.717) is 0 Å². The van der Waals surface area contributed by atoms with E-state index in [4.69, 9.17) is 5.73 Å². The quantitative estimate of drug-likeness (QED) is 0.839. The van der Waals surface area contributed by atoms with Gasteiger partial charge in [0, 0.05) is 24.4 Å². The van der Waals surface area contributed by atoms with Crippen LogP contribution in [-0.2, 0) is 6.42 Å². The lowest BCUT2D eigenvalue weighted by atomic mass is 10.1. The molecule has 0 saturated carbocycles. The Hall–Kier alpha value is -1.81. The predicted octanol–water partition coefficient (Wildman–Crippen LogP) is 1.43. The molecule has 0 aliphatic carbocycles. The number of hydrogen-bond acceptors (Lipinski definition) is 4.